The van der Waals surface area contributed by atoms with Crippen molar-refractivity contribution in [2.75, 3.05) is 0 Å². The van der Waals surface area contributed by atoms with Crippen molar-refractivity contribution >= 4 is 0 Å². The molecule has 0 heteroatoms. The zero-order valence-electron chi connectivity index (χ0n) is 13.1. The molecule has 0 bridgehead atoms. The lowest BCUT2D eigenvalue weighted by Gasteiger charge is -2.61. The summed E-state index contributed by atoms with van der Waals surface area (Å²) in [5.74, 6) is 9.82. The Hall–Kier alpha value is 0. The first-order valence-electron chi connectivity index (χ1n) is 9.15. The van der Waals surface area contributed by atoms with E-state index in [-0.39, 0.29) is 0 Å². The predicted octanol–water partition coefficient (Wildman–Crippen LogP) is 5.38. The van der Waals surface area contributed by atoms with E-state index in [1.54, 1.807) is 44.9 Å². The Labute approximate surface area is 119 Å². The maximum atomic E-state index is 2.58. The minimum atomic E-state index is 1.00. The third-order valence-electron chi connectivity index (χ3n) is 8.01. The highest BCUT2D eigenvalue weighted by Gasteiger charge is 2.54. The Balaban J connectivity index is 1.66. The average molecular weight is 260 g/mol. The van der Waals surface area contributed by atoms with E-state index in [0.717, 1.165) is 53.3 Å². The summed E-state index contributed by atoms with van der Waals surface area (Å²) in [6.07, 6.45) is 11.0. The van der Waals surface area contributed by atoms with Crippen molar-refractivity contribution < 1.29 is 0 Å². The third kappa shape index (κ3) is 1.84. The van der Waals surface area contributed by atoms with Crippen molar-refractivity contribution in [2.45, 2.75) is 65.7 Å². The summed E-state index contributed by atoms with van der Waals surface area (Å²) in [6.45, 7) is 7.66. The molecule has 0 spiro atoms. The summed E-state index contributed by atoms with van der Waals surface area (Å²) in [4.78, 5) is 0. The van der Waals surface area contributed by atoms with Gasteiger partial charge in [0.15, 0.2) is 0 Å². The molecule has 0 amide bonds. The van der Waals surface area contributed by atoms with Gasteiger partial charge in [-0.15, -0.1) is 0 Å². The van der Waals surface area contributed by atoms with Crippen LogP contribution in [0.1, 0.15) is 65.7 Å². The van der Waals surface area contributed by atoms with Gasteiger partial charge >= 0.3 is 0 Å². The SMILES string of the molecule is CC1CC2CCC3CC(C)C(C)C4CCC(C1)C2C34. The second-order valence-electron chi connectivity index (χ2n) is 8.90. The number of hydrogen-bond acceptors (Lipinski definition) is 0. The van der Waals surface area contributed by atoms with E-state index < -0.39 is 0 Å². The van der Waals surface area contributed by atoms with Crippen LogP contribution in [0, 0.1) is 53.3 Å². The van der Waals surface area contributed by atoms with Gasteiger partial charge in [-0.1, -0.05) is 20.8 Å². The number of rotatable bonds is 0. The van der Waals surface area contributed by atoms with Crippen LogP contribution in [0.4, 0.5) is 0 Å². The third-order valence-corrected chi connectivity index (χ3v) is 8.01. The van der Waals surface area contributed by atoms with E-state index in [2.05, 4.69) is 20.8 Å². The quantitative estimate of drug-likeness (QED) is 0.549. The molecule has 19 heavy (non-hydrogen) atoms. The van der Waals surface area contributed by atoms with Crippen molar-refractivity contribution in [3.05, 3.63) is 0 Å². The van der Waals surface area contributed by atoms with Crippen LogP contribution < -0.4 is 0 Å². The van der Waals surface area contributed by atoms with E-state index >= 15 is 0 Å². The molecular formula is C19H32. The molecule has 0 aromatic rings. The smallest absolute Gasteiger partial charge is 0.0321 e. The number of hydrogen-bond donors (Lipinski definition) is 0. The van der Waals surface area contributed by atoms with Crippen LogP contribution in [0.3, 0.4) is 0 Å². The van der Waals surface area contributed by atoms with Crippen molar-refractivity contribution in [2.24, 2.45) is 53.3 Å². The molecule has 108 valence electrons. The zero-order chi connectivity index (χ0) is 13.1. The molecule has 9 unspecified atom stereocenters. The van der Waals surface area contributed by atoms with Crippen LogP contribution in [0.5, 0.6) is 0 Å². The highest BCUT2D eigenvalue weighted by Crippen LogP contribution is 2.62. The average Bonchev–Trinajstić information content (AvgIpc) is 2.39. The lowest BCUT2D eigenvalue weighted by Crippen LogP contribution is -2.53. The summed E-state index contributed by atoms with van der Waals surface area (Å²) in [5, 5.41) is 0. The molecule has 4 fully saturated rings. The van der Waals surface area contributed by atoms with Crippen LogP contribution >= 0.6 is 0 Å². The fourth-order valence-electron chi connectivity index (χ4n) is 7.25. The van der Waals surface area contributed by atoms with Gasteiger partial charge in [-0.3, -0.25) is 0 Å². The van der Waals surface area contributed by atoms with Gasteiger partial charge < -0.3 is 0 Å². The maximum Gasteiger partial charge on any atom is -0.0321 e. The highest BCUT2D eigenvalue weighted by atomic mass is 14.6. The normalized spacial score (nSPS) is 60.5. The Bertz CT molecular complexity index is 338. The Morgan fingerprint density at radius 2 is 1.21 bits per heavy atom. The predicted molar refractivity (Wildman–Crippen MR) is 80.8 cm³/mol. The molecule has 0 N–H and O–H groups in total. The molecule has 0 heterocycles. The molecule has 4 aliphatic carbocycles. The first kappa shape index (κ1) is 12.7. The summed E-state index contributed by atoms with van der Waals surface area (Å²) in [7, 11) is 0. The van der Waals surface area contributed by atoms with E-state index in [1.807, 2.05) is 0 Å². The van der Waals surface area contributed by atoms with Crippen LogP contribution in [-0.4, -0.2) is 0 Å². The van der Waals surface area contributed by atoms with Crippen molar-refractivity contribution in [1.82, 2.24) is 0 Å². The van der Waals surface area contributed by atoms with Crippen molar-refractivity contribution in [3.8, 4) is 0 Å². The standard InChI is InChI=1S/C19H32/c1-11-8-14-4-5-16-10-12(2)13(3)17-7-6-15(9-11)18(14)19(16)17/h11-19H,4-10H2,1-3H3. The van der Waals surface area contributed by atoms with E-state index in [4.69, 9.17) is 0 Å². The largest absolute Gasteiger partial charge is 0.0625 e. The summed E-state index contributed by atoms with van der Waals surface area (Å²) < 4.78 is 0. The van der Waals surface area contributed by atoms with E-state index in [9.17, 15) is 0 Å². The maximum absolute atomic E-state index is 2.58. The lowest BCUT2D eigenvalue weighted by atomic mass is 9.45. The molecule has 0 nitrogen and oxygen atoms in total. The topological polar surface area (TPSA) is 0 Å². The molecule has 4 rings (SSSR count). The van der Waals surface area contributed by atoms with Crippen LogP contribution in [0.25, 0.3) is 0 Å². The van der Waals surface area contributed by atoms with Gasteiger partial charge in [0, 0.05) is 0 Å². The van der Waals surface area contributed by atoms with Gasteiger partial charge in [0.05, 0.1) is 0 Å². The molecule has 0 aromatic carbocycles. The van der Waals surface area contributed by atoms with Crippen molar-refractivity contribution in [3.63, 3.8) is 0 Å². The van der Waals surface area contributed by atoms with E-state index in [0.29, 0.717) is 0 Å². The first-order chi connectivity index (χ1) is 9.15. The first-order valence-corrected chi connectivity index (χ1v) is 9.15. The van der Waals surface area contributed by atoms with Crippen LogP contribution in [0.2, 0.25) is 0 Å². The van der Waals surface area contributed by atoms with Crippen LogP contribution in [-0.2, 0) is 0 Å². The molecule has 4 aliphatic rings. The molecule has 9 atom stereocenters. The summed E-state index contributed by atoms with van der Waals surface area (Å²) >= 11 is 0. The summed E-state index contributed by atoms with van der Waals surface area (Å²) in [5.41, 5.74) is 0. The lowest BCUT2D eigenvalue weighted by molar-refractivity contribution is -0.116. The molecule has 0 aromatic heterocycles. The zero-order valence-corrected chi connectivity index (χ0v) is 13.1. The molecule has 0 radical (unpaired) electrons. The van der Waals surface area contributed by atoms with E-state index in [1.165, 1.54) is 0 Å². The fraction of sp³-hybridized carbons (Fsp3) is 1.00. The molecule has 0 aliphatic heterocycles. The molecule has 4 saturated carbocycles. The second-order valence-corrected chi connectivity index (χ2v) is 8.90. The Morgan fingerprint density at radius 3 is 1.89 bits per heavy atom. The fourth-order valence-corrected chi connectivity index (χ4v) is 7.25. The van der Waals surface area contributed by atoms with Crippen molar-refractivity contribution in [1.29, 1.82) is 0 Å². The van der Waals surface area contributed by atoms with Crippen LogP contribution in [0.15, 0.2) is 0 Å². The monoisotopic (exact) mass is 260 g/mol. The Kier molecular flexibility index (Phi) is 3.01. The van der Waals surface area contributed by atoms with Gasteiger partial charge in [0.1, 0.15) is 0 Å². The molecule has 0 saturated heterocycles. The van der Waals surface area contributed by atoms with Gasteiger partial charge in [0.25, 0.3) is 0 Å². The highest BCUT2D eigenvalue weighted by molar-refractivity contribution is 5.03. The van der Waals surface area contributed by atoms with Gasteiger partial charge in [-0.25, -0.2) is 0 Å². The van der Waals surface area contributed by atoms with Gasteiger partial charge in [-0.05, 0) is 98.2 Å². The van der Waals surface area contributed by atoms with Gasteiger partial charge in [-0.2, -0.15) is 0 Å². The minimum absolute atomic E-state index is 1.00. The minimum Gasteiger partial charge on any atom is -0.0625 e. The summed E-state index contributed by atoms with van der Waals surface area (Å²) in [6, 6.07) is 0. The second kappa shape index (κ2) is 4.50. The Morgan fingerprint density at radius 1 is 0.632 bits per heavy atom. The van der Waals surface area contributed by atoms with Gasteiger partial charge in [0.2, 0.25) is 0 Å². The molecular weight excluding hydrogens is 228 g/mol.